The van der Waals surface area contributed by atoms with Crippen molar-refractivity contribution in [2.75, 3.05) is 19.5 Å². The highest BCUT2D eigenvalue weighted by atomic mass is 16.6. The molecule has 0 spiro atoms. The molecule has 1 amide bonds. The summed E-state index contributed by atoms with van der Waals surface area (Å²) in [7, 11) is 2.46. The normalized spacial score (nSPS) is 11.5. The van der Waals surface area contributed by atoms with Crippen molar-refractivity contribution in [2.45, 2.75) is 26.1 Å². The number of carboxylic acid groups (broad SMARTS) is 1. The minimum atomic E-state index is -2.42. The Bertz CT molecular complexity index is 1730. The number of nitriles is 1. The van der Waals surface area contributed by atoms with Crippen LogP contribution < -0.4 is 24.3 Å². The summed E-state index contributed by atoms with van der Waals surface area (Å²) in [5.74, 6) is -7.24. The molecule has 46 heavy (non-hydrogen) atoms. The fraction of sp³-hybridized carbons (Fsp3) is 0.194. The maximum absolute atomic E-state index is 13.5. The van der Waals surface area contributed by atoms with Crippen LogP contribution in [0.25, 0.3) is 0 Å². The summed E-state index contributed by atoms with van der Waals surface area (Å²) in [5.41, 5.74) is -0.588. The number of para-hydroxylation sites is 1. The number of methoxy groups -OCH3 is 2. The van der Waals surface area contributed by atoms with Crippen molar-refractivity contribution in [3.8, 4) is 29.1 Å². The van der Waals surface area contributed by atoms with Crippen LogP contribution in [0.5, 0.6) is 23.0 Å². The third-order valence-electron chi connectivity index (χ3n) is 5.86. The highest BCUT2D eigenvalue weighted by molar-refractivity contribution is 6.02. The summed E-state index contributed by atoms with van der Waals surface area (Å²) in [6, 6.07) is 14.5. The number of aliphatic carboxylic acids is 1. The van der Waals surface area contributed by atoms with Gasteiger partial charge in [-0.1, -0.05) is 12.1 Å². The fourth-order valence-corrected chi connectivity index (χ4v) is 3.82. The largest absolute Gasteiger partial charge is 0.493 e. The number of benzene rings is 3. The SMILES string of the molecule is COc1cc(C(=O)O[C@H](C(=O)O)[C@@H](OC(=O)c2ccc(OC(C)=O)c(OC)c2)C(=O)Nc2ccccc2C#N)ccc1OC(C)=O. The number of carboxylic acids is 1. The average Bonchev–Trinajstić information content (AvgIpc) is 3.02. The zero-order valence-corrected chi connectivity index (χ0v) is 24.7. The molecular weight excluding hydrogens is 608 g/mol. The molecule has 3 rings (SSSR count). The maximum atomic E-state index is 13.5. The van der Waals surface area contributed by atoms with Gasteiger partial charge in [0.15, 0.2) is 23.0 Å². The number of nitrogens with one attached hydrogen (secondary N) is 1. The molecule has 2 atom stereocenters. The molecule has 15 nitrogen and oxygen atoms in total. The van der Waals surface area contributed by atoms with E-state index in [2.05, 4.69) is 5.32 Å². The molecule has 2 N–H and O–H groups in total. The lowest BCUT2D eigenvalue weighted by molar-refractivity contribution is -0.157. The maximum Gasteiger partial charge on any atom is 0.349 e. The molecule has 0 radical (unpaired) electrons. The van der Waals surface area contributed by atoms with Gasteiger partial charge in [0, 0.05) is 13.8 Å². The highest BCUT2D eigenvalue weighted by Crippen LogP contribution is 2.30. The molecule has 0 fully saturated rings. The van der Waals surface area contributed by atoms with E-state index in [0.29, 0.717) is 0 Å². The van der Waals surface area contributed by atoms with Gasteiger partial charge in [-0.2, -0.15) is 5.26 Å². The Hall–Kier alpha value is -6.43. The minimum Gasteiger partial charge on any atom is -0.493 e. The van der Waals surface area contributed by atoms with Gasteiger partial charge < -0.3 is 38.8 Å². The first-order valence-electron chi connectivity index (χ1n) is 13.1. The molecule has 0 bridgehead atoms. The number of esters is 4. The van der Waals surface area contributed by atoms with Gasteiger partial charge in [-0.3, -0.25) is 14.4 Å². The van der Waals surface area contributed by atoms with Crippen LogP contribution in [-0.4, -0.2) is 67.3 Å². The summed E-state index contributed by atoms with van der Waals surface area (Å²) in [5, 5.41) is 21.8. The molecule has 3 aromatic rings. The van der Waals surface area contributed by atoms with Gasteiger partial charge in [-0.25, -0.2) is 14.4 Å². The van der Waals surface area contributed by atoms with Crippen molar-refractivity contribution in [1.82, 2.24) is 0 Å². The van der Waals surface area contributed by atoms with E-state index < -0.39 is 48.0 Å². The predicted octanol–water partition coefficient (Wildman–Crippen LogP) is 2.90. The predicted molar refractivity (Wildman–Crippen MR) is 154 cm³/mol. The van der Waals surface area contributed by atoms with Gasteiger partial charge in [-0.15, -0.1) is 0 Å². The molecule has 0 aromatic heterocycles. The topological polar surface area (TPSA) is 214 Å². The Morgan fingerprint density at radius 3 is 1.63 bits per heavy atom. The van der Waals surface area contributed by atoms with Crippen molar-refractivity contribution in [3.63, 3.8) is 0 Å². The number of hydrogen-bond acceptors (Lipinski definition) is 13. The van der Waals surface area contributed by atoms with Gasteiger partial charge in [0.25, 0.3) is 5.91 Å². The van der Waals surface area contributed by atoms with Crippen molar-refractivity contribution in [2.24, 2.45) is 0 Å². The van der Waals surface area contributed by atoms with Crippen molar-refractivity contribution in [3.05, 3.63) is 77.4 Å². The minimum absolute atomic E-state index is 0.00411. The van der Waals surface area contributed by atoms with E-state index in [-0.39, 0.29) is 45.4 Å². The van der Waals surface area contributed by atoms with Crippen LogP contribution in [0.1, 0.15) is 40.1 Å². The van der Waals surface area contributed by atoms with Gasteiger partial charge in [0.05, 0.1) is 36.6 Å². The number of carbonyl (C=O) groups is 6. The van der Waals surface area contributed by atoms with E-state index in [1.165, 1.54) is 50.6 Å². The van der Waals surface area contributed by atoms with E-state index >= 15 is 0 Å². The molecule has 0 aliphatic carbocycles. The smallest absolute Gasteiger partial charge is 0.349 e. The zero-order valence-electron chi connectivity index (χ0n) is 24.7. The van der Waals surface area contributed by atoms with Crippen LogP contribution in [0, 0.1) is 11.3 Å². The summed E-state index contributed by atoms with van der Waals surface area (Å²) in [6.45, 7) is 2.29. The fourth-order valence-electron chi connectivity index (χ4n) is 3.82. The molecule has 3 aromatic carbocycles. The molecule has 0 heterocycles. The van der Waals surface area contributed by atoms with E-state index in [1.54, 1.807) is 0 Å². The summed E-state index contributed by atoms with van der Waals surface area (Å²) < 4.78 is 30.7. The Morgan fingerprint density at radius 1 is 0.717 bits per heavy atom. The molecule has 0 aliphatic rings. The molecule has 0 unspecified atom stereocenters. The summed E-state index contributed by atoms with van der Waals surface area (Å²) in [4.78, 5) is 74.9. The second-order valence-corrected chi connectivity index (χ2v) is 9.06. The molecule has 238 valence electrons. The van der Waals surface area contributed by atoms with Crippen LogP contribution in [-0.2, 0) is 28.7 Å². The first kappa shape index (κ1) is 34.1. The van der Waals surface area contributed by atoms with E-state index in [4.69, 9.17) is 28.4 Å². The van der Waals surface area contributed by atoms with E-state index in [9.17, 15) is 39.1 Å². The van der Waals surface area contributed by atoms with E-state index in [0.717, 1.165) is 38.1 Å². The van der Waals surface area contributed by atoms with Gasteiger partial charge in [0.1, 0.15) is 6.07 Å². The second kappa shape index (κ2) is 15.3. The molecular formula is C31H26N2O13. The van der Waals surface area contributed by atoms with Gasteiger partial charge >= 0.3 is 29.8 Å². The lowest BCUT2D eigenvalue weighted by Gasteiger charge is -2.24. The Morgan fingerprint density at radius 2 is 1.20 bits per heavy atom. The number of ether oxygens (including phenoxy) is 6. The van der Waals surface area contributed by atoms with Crippen LogP contribution >= 0.6 is 0 Å². The first-order chi connectivity index (χ1) is 21.9. The number of anilines is 1. The third kappa shape index (κ3) is 8.57. The molecule has 0 saturated heterocycles. The highest BCUT2D eigenvalue weighted by Gasteiger charge is 2.41. The summed E-state index contributed by atoms with van der Waals surface area (Å²) >= 11 is 0. The number of hydrogen-bond donors (Lipinski definition) is 2. The Kier molecular flexibility index (Phi) is 11.4. The van der Waals surface area contributed by atoms with Crippen LogP contribution in [0.3, 0.4) is 0 Å². The number of amides is 1. The number of rotatable bonds is 12. The second-order valence-electron chi connectivity index (χ2n) is 9.06. The Labute approximate surface area is 261 Å². The molecule has 0 saturated carbocycles. The van der Waals surface area contributed by atoms with Crippen molar-refractivity contribution < 1.29 is 62.3 Å². The van der Waals surface area contributed by atoms with Crippen molar-refractivity contribution in [1.29, 1.82) is 5.26 Å². The van der Waals surface area contributed by atoms with Crippen molar-refractivity contribution >= 4 is 41.4 Å². The summed E-state index contributed by atoms with van der Waals surface area (Å²) in [6.07, 6.45) is -4.74. The lowest BCUT2D eigenvalue weighted by atomic mass is 10.1. The molecule has 0 aliphatic heterocycles. The zero-order chi connectivity index (χ0) is 34.0. The number of carbonyl (C=O) groups excluding carboxylic acids is 5. The van der Waals surface area contributed by atoms with Gasteiger partial charge in [0.2, 0.25) is 12.2 Å². The standard InChI is InChI=1S/C31H26N2O13/c1-16(34)43-22-11-9-18(13-24(22)41-3)30(39)45-26(28(36)33-21-8-6-5-7-20(21)15-32)27(29(37)38)46-31(40)19-10-12-23(44-17(2)35)25(14-19)42-4/h5-14,26-27H,1-4H3,(H,33,36)(H,37,38)/t26-,27+/m1/s1. The quantitative estimate of drug-likeness (QED) is 0.217. The first-order valence-corrected chi connectivity index (χ1v) is 13.1. The lowest BCUT2D eigenvalue weighted by Crippen LogP contribution is -2.48. The Balaban J connectivity index is 2.00. The number of nitrogens with zero attached hydrogens (tertiary/aromatic N) is 1. The van der Waals surface area contributed by atoms with Crippen LogP contribution in [0.15, 0.2) is 60.7 Å². The van der Waals surface area contributed by atoms with Crippen LogP contribution in [0.2, 0.25) is 0 Å². The van der Waals surface area contributed by atoms with Crippen LogP contribution in [0.4, 0.5) is 5.69 Å². The molecule has 15 heteroatoms. The van der Waals surface area contributed by atoms with E-state index in [1.807, 2.05) is 6.07 Å². The monoisotopic (exact) mass is 634 g/mol. The third-order valence-corrected chi connectivity index (χ3v) is 5.86. The van der Waals surface area contributed by atoms with Gasteiger partial charge in [-0.05, 0) is 48.5 Å². The average molecular weight is 635 g/mol.